The maximum Gasteiger partial charge on any atom is 0.266 e. The van der Waals surface area contributed by atoms with Crippen molar-refractivity contribution in [3.8, 4) is 5.88 Å². The van der Waals surface area contributed by atoms with Crippen LogP contribution < -0.4 is 10.1 Å². The Bertz CT molecular complexity index is 1150. The maximum atomic E-state index is 13.1. The van der Waals surface area contributed by atoms with E-state index >= 15 is 0 Å². The third kappa shape index (κ3) is 4.44. The number of carbonyl (C=O) groups excluding carboxylic acids is 2. The summed E-state index contributed by atoms with van der Waals surface area (Å²) in [7, 11) is 3.11. The van der Waals surface area contributed by atoms with Crippen molar-refractivity contribution in [1.29, 1.82) is 0 Å². The highest BCUT2D eigenvalue weighted by molar-refractivity contribution is 7.20. The second-order valence-corrected chi connectivity index (χ2v) is 8.71. The number of anilines is 1. The van der Waals surface area contributed by atoms with Crippen LogP contribution in [-0.4, -0.2) is 54.0 Å². The van der Waals surface area contributed by atoms with Crippen molar-refractivity contribution < 1.29 is 19.1 Å². The van der Waals surface area contributed by atoms with Gasteiger partial charge in [0.05, 0.1) is 17.4 Å². The summed E-state index contributed by atoms with van der Waals surface area (Å²) in [5, 5.41) is 3.64. The molecule has 3 heterocycles. The molecule has 1 saturated heterocycles. The second-order valence-electron chi connectivity index (χ2n) is 7.71. The van der Waals surface area contributed by atoms with Crippen LogP contribution in [0.3, 0.4) is 0 Å². The molecule has 1 aliphatic heterocycles. The zero-order chi connectivity index (χ0) is 22.7. The molecule has 1 fully saturated rings. The summed E-state index contributed by atoms with van der Waals surface area (Å²) < 4.78 is 10.6. The SMILES string of the molecule is COCc1nc(OC)c2c(C)c(C(=O)Nc3cccc(C(=O)N4CCCCC4)c3)sc2n1. The molecule has 0 saturated carbocycles. The number of benzene rings is 1. The number of likely N-dealkylation sites (tertiary alicyclic amines) is 1. The molecule has 0 bridgehead atoms. The molecular weight excluding hydrogens is 428 g/mol. The first-order valence-electron chi connectivity index (χ1n) is 10.6. The number of piperidine rings is 1. The highest BCUT2D eigenvalue weighted by atomic mass is 32.1. The first-order chi connectivity index (χ1) is 15.5. The monoisotopic (exact) mass is 454 g/mol. The molecule has 1 aromatic carbocycles. The molecule has 0 aliphatic carbocycles. The Morgan fingerprint density at radius 3 is 2.66 bits per heavy atom. The van der Waals surface area contributed by atoms with E-state index in [1.54, 1.807) is 38.5 Å². The van der Waals surface area contributed by atoms with Crippen molar-refractivity contribution in [2.75, 3.05) is 32.6 Å². The van der Waals surface area contributed by atoms with E-state index in [1.807, 2.05) is 11.8 Å². The standard InChI is InChI=1S/C23H26N4O4S/c1-14-18-21(31-3)25-17(13-30-2)26-22(18)32-19(14)20(28)24-16-9-7-8-15(12-16)23(29)27-10-5-4-6-11-27/h7-9,12H,4-6,10-11,13H2,1-3H3,(H,24,28). The van der Waals surface area contributed by atoms with Crippen molar-refractivity contribution in [1.82, 2.24) is 14.9 Å². The lowest BCUT2D eigenvalue weighted by Gasteiger charge is -2.26. The molecule has 4 rings (SSSR count). The largest absolute Gasteiger partial charge is 0.480 e. The van der Waals surface area contributed by atoms with Crippen molar-refractivity contribution in [3.63, 3.8) is 0 Å². The molecule has 0 unspecified atom stereocenters. The third-order valence-corrected chi connectivity index (χ3v) is 6.67. The average molecular weight is 455 g/mol. The maximum absolute atomic E-state index is 13.1. The number of nitrogens with one attached hydrogen (secondary N) is 1. The van der Waals surface area contributed by atoms with Gasteiger partial charge in [0.2, 0.25) is 5.88 Å². The lowest BCUT2D eigenvalue weighted by molar-refractivity contribution is 0.0724. The average Bonchev–Trinajstić information content (AvgIpc) is 3.15. The lowest BCUT2D eigenvalue weighted by Crippen LogP contribution is -2.35. The van der Waals surface area contributed by atoms with E-state index in [9.17, 15) is 9.59 Å². The molecule has 2 amide bonds. The number of hydrogen-bond donors (Lipinski definition) is 1. The summed E-state index contributed by atoms with van der Waals surface area (Å²) in [6.07, 6.45) is 3.23. The summed E-state index contributed by atoms with van der Waals surface area (Å²) in [6.45, 7) is 3.67. The van der Waals surface area contributed by atoms with E-state index in [0.29, 0.717) is 32.7 Å². The first-order valence-corrected chi connectivity index (χ1v) is 11.4. The van der Waals surface area contributed by atoms with Crippen molar-refractivity contribution in [2.24, 2.45) is 0 Å². The zero-order valence-corrected chi connectivity index (χ0v) is 19.3. The molecular formula is C23H26N4O4S. The number of aromatic nitrogens is 2. The lowest BCUT2D eigenvalue weighted by atomic mass is 10.1. The number of carbonyl (C=O) groups is 2. The Morgan fingerprint density at radius 1 is 1.16 bits per heavy atom. The number of fused-ring (bicyclic) bond motifs is 1. The molecule has 168 valence electrons. The number of ether oxygens (including phenoxy) is 2. The fraction of sp³-hybridized carbons (Fsp3) is 0.391. The van der Waals surface area contributed by atoms with Crippen LogP contribution in [0.1, 0.15) is 50.7 Å². The van der Waals surface area contributed by atoms with Crippen LogP contribution in [0.25, 0.3) is 10.2 Å². The Hall–Kier alpha value is -3.04. The van der Waals surface area contributed by atoms with Crippen molar-refractivity contribution >= 4 is 39.1 Å². The van der Waals surface area contributed by atoms with Gasteiger partial charge < -0.3 is 19.7 Å². The van der Waals surface area contributed by atoms with E-state index < -0.39 is 0 Å². The van der Waals surface area contributed by atoms with Crippen molar-refractivity contribution in [2.45, 2.75) is 32.8 Å². The van der Waals surface area contributed by atoms with Crippen LogP contribution in [0.5, 0.6) is 5.88 Å². The summed E-state index contributed by atoms with van der Waals surface area (Å²) in [4.78, 5) is 37.8. The fourth-order valence-electron chi connectivity index (χ4n) is 3.90. The molecule has 0 spiro atoms. The number of nitrogens with zero attached hydrogens (tertiary/aromatic N) is 3. The van der Waals surface area contributed by atoms with Gasteiger partial charge in [0, 0.05) is 31.5 Å². The normalized spacial score (nSPS) is 13.9. The van der Waals surface area contributed by atoms with Gasteiger partial charge in [0.15, 0.2) is 5.82 Å². The number of aryl methyl sites for hydroxylation is 1. The molecule has 2 aromatic heterocycles. The van der Waals surface area contributed by atoms with E-state index in [2.05, 4.69) is 15.3 Å². The molecule has 1 aliphatic rings. The molecule has 9 heteroatoms. The first kappa shape index (κ1) is 22.2. The van der Waals surface area contributed by atoms with Crippen LogP contribution in [0.15, 0.2) is 24.3 Å². The minimum atomic E-state index is -0.261. The second kappa shape index (κ2) is 9.62. The number of thiophene rings is 1. The number of rotatable bonds is 6. The van der Waals surface area contributed by atoms with Gasteiger partial charge in [0.25, 0.3) is 11.8 Å². The van der Waals surface area contributed by atoms with Crippen LogP contribution in [0.2, 0.25) is 0 Å². The summed E-state index contributed by atoms with van der Waals surface area (Å²) in [5.41, 5.74) is 1.91. The number of methoxy groups -OCH3 is 2. The predicted octanol–water partition coefficient (Wildman–Crippen LogP) is 4.03. The van der Waals surface area contributed by atoms with Crippen LogP contribution in [0.4, 0.5) is 5.69 Å². The van der Waals surface area contributed by atoms with Gasteiger partial charge in [-0.15, -0.1) is 11.3 Å². The highest BCUT2D eigenvalue weighted by Crippen LogP contribution is 2.35. The molecule has 3 aromatic rings. The minimum absolute atomic E-state index is 0.00419. The third-order valence-electron chi connectivity index (χ3n) is 5.49. The van der Waals surface area contributed by atoms with Gasteiger partial charge >= 0.3 is 0 Å². The van der Waals surface area contributed by atoms with Gasteiger partial charge in [-0.3, -0.25) is 9.59 Å². The molecule has 32 heavy (non-hydrogen) atoms. The van der Waals surface area contributed by atoms with Gasteiger partial charge in [-0.25, -0.2) is 4.98 Å². The molecule has 1 N–H and O–H groups in total. The molecule has 0 atom stereocenters. The fourth-order valence-corrected chi connectivity index (χ4v) is 4.99. The molecule has 0 radical (unpaired) electrons. The molecule has 8 nitrogen and oxygen atoms in total. The van der Waals surface area contributed by atoms with E-state index in [-0.39, 0.29) is 18.4 Å². The summed E-state index contributed by atoms with van der Waals surface area (Å²) in [6, 6.07) is 7.09. The van der Waals surface area contributed by atoms with Crippen LogP contribution in [0, 0.1) is 6.92 Å². The number of amides is 2. The Balaban J connectivity index is 1.59. The van der Waals surface area contributed by atoms with Crippen LogP contribution >= 0.6 is 11.3 Å². The van der Waals surface area contributed by atoms with E-state index in [0.717, 1.165) is 43.3 Å². The Kier molecular flexibility index (Phi) is 6.66. The topological polar surface area (TPSA) is 93.7 Å². The Morgan fingerprint density at radius 2 is 1.94 bits per heavy atom. The quantitative estimate of drug-likeness (QED) is 0.604. The van der Waals surface area contributed by atoms with Gasteiger partial charge in [0.1, 0.15) is 11.4 Å². The van der Waals surface area contributed by atoms with E-state index in [1.165, 1.54) is 11.3 Å². The van der Waals surface area contributed by atoms with Crippen LogP contribution in [-0.2, 0) is 11.3 Å². The van der Waals surface area contributed by atoms with Gasteiger partial charge in [-0.05, 0) is 49.9 Å². The predicted molar refractivity (Wildman–Crippen MR) is 124 cm³/mol. The van der Waals surface area contributed by atoms with Gasteiger partial charge in [-0.1, -0.05) is 6.07 Å². The highest BCUT2D eigenvalue weighted by Gasteiger charge is 2.22. The van der Waals surface area contributed by atoms with E-state index in [4.69, 9.17) is 9.47 Å². The summed E-state index contributed by atoms with van der Waals surface area (Å²) in [5.74, 6) is 0.658. The zero-order valence-electron chi connectivity index (χ0n) is 18.4. The summed E-state index contributed by atoms with van der Waals surface area (Å²) >= 11 is 1.28. The van der Waals surface area contributed by atoms with Gasteiger partial charge in [-0.2, -0.15) is 4.98 Å². The van der Waals surface area contributed by atoms with Crippen molar-refractivity contribution in [3.05, 3.63) is 46.1 Å². The smallest absolute Gasteiger partial charge is 0.266 e. The number of hydrogen-bond acceptors (Lipinski definition) is 7. The Labute approximate surface area is 190 Å². The minimum Gasteiger partial charge on any atom is -0.480 e.